The lowest BCUT2D eigenvalue weighted by molar-refractivity contribution is -0.140. The largest absolute Gasteiger partial charge is 0.480 e. The molecule has 3 atom stereocenters. The molecule has 90 valence electrons. The lowest BCUT2D eigenvalue weighted by Gasteiger charge is -2.19. The third kappa shape index (κ3) is 5.88. The maximum Gasteiger partial charge on any atom is 0.320 e. The third-order valence-corrected chi connectivity index (χ3v) is 4.28. The lowest BCUT2D eigenvalue weighted by Crippen LogP contribution is -2.39. The van der Waals surface area contributed by atoms with Crippen molar-refractivity contribution in [2.75, 3.05) is 19.1 Å². The Hall–Kier alpha value is -0.440. The van der Waals surface area contributed by atoms with Gasteiger partial charge in [0.05, 0.1) is 0 Å². The summed E-state index contributed by atoms with van der Waals surface area (Å²) in [5.74, 6) is 0.500. The molecule has 0 aliphatic heterocycles. The first-order valence-electron chi connectivity index (χ1n) is 5.37. The first-order valence-corrected chi connectivity index (χ1v) is 7.35. The molecule has 3 nitrogen and oxygen atoms in total. The minimum atomic E-state index is -0.756. The lowest BCUT2D eigenvalue weighted by atomic mass is 10.00. The van der Waals surface area contributed by atoms with Crippen molar-refractivity contribution >= 4 is 16.3 Å². The molecule has 0 rings (SSSR count). The average molecular weight is 233 g/mol. The molecule has 0 bridgehead atoms. The molecular formula is C11H23NO2S. The number of nitrogens with one attached hydrogen (secondary N) is 1. The van der Waals surface area contributed by atoms with Crippen molar-refractivity contribution in [3.63, 3.8) is 0 Å². The van der Waals surface area contributed by atoms with Crippen LogP contribution in [0.3, 0.4) is 0 Å². The summed E-state index contributed by atoms with van der Waals surface area (Å²) in [5, 5.41) is 15.2. The van der Waals surface area contributed by atoms with Gasteiger partial charge < -0.3 is 10.4 Å². The topological polar surface area (TPSA) is 49.3 Å². The molecule has 0 aliphatic rings. The molecule has 2 unspecified atom stereocenters. The van der Waals surface area contributed by atoms with Gasteiger partial charge in [-0.2, -0.15) is 0 Å². The predicted molar refractivity (Wildman–Crippen MR) is 68.2 cm³/mol. The van der Waals surface area contributed by atoms with E-state index < -0.39 is 12.0 Å². The van der Waals surface area contributed by atoms with Gasteiger partial charge in [0.2, 0.25) is 0 Å². The summed E-state index contributed by atoms with van der Waals surface area (Å²) in [4.78, 5) is 10.9. The molecule has 0 aromatic carbocycles. The SMILES string of the molecule is CCC#[SH](C)CCC(C)[C@H](NC)C(=O)O. The van der Waals surface area contributed by atoms with Crippen LogP contribution in [0.15, 0.2) is 0 Å². The number of rotatable bonds is 5. The first-order chi connectivity index (χ1) is 7.02. The van der Waals surface area contributed by atoms with Crippen molar-refractivity contribution in [1.29, 1.82) is 0 Å². The van der Waals surface area contributed by atoms with Crippen LogP contribution in [0.25, 0.3) is 0 Å². The highest BCUT2D eigenvalue weighted by Gasteiger charge is 2.21. The molecule has 0 amide bonds. The number of thiol groups is 1. The van der Waals surface area contributed by atoms with Crippen LogP contribution in [0.1, 0.15) is 26.7 Å². The molecule has 0 aromatic rings. The highest BCUT2D eigenvalue weighted by molar-refractivity contribution is 8.06. The number of aliphatic carboxylic acids is 1. The molecule has 0 heterocycles. The summed E-state index contributed by atoms with van der Waals surface area (Å²) in [5.41, 5.74) is 0. The molecule has 0 spiro atoms. The van der Waals surface area contributed by atoms with Gasteiger partial charge in [0.1, 0.15) is 6.04 Å². The second-order valence-corrected chi connectivity index (χ2v) is 5.96. The Morgan fingerprint density at radius 1 is 1.60 bits per heavy atom. The molecule has 0 radical (unpaired) electrons. The zero-order chi connectivity index (χ0) is 11.8. The summed E-state index contributed by atoms with van der Waals surface area (Å²) >= 11 is 0. The van der Waals surface area contributed by atoms with E-state index in [9.17, 15) is 4.79 Å². The van der Waals surface area contributed by atoms with Crippen molar-refractivity contribution < 1.29 is 9.90 Å². The highest BCUT2D eigenvalue weighted by atomic mass is 32.2. The van der Waals surface area contributed by atoms with Crippen LogP contribution in [0.4, 0.5) is 0 Å². The Bertz CT molecular complexity index is 277. The number of carboxylic acid groups (broad SMARTS) is 1. The quantitative estimate of drug-likeness (QED) is 0.633. The van der Waals surface area contributed by atoms with Crippen molar-refractivity contribution in [1.82, 2.24) is 5.32 Å². The van der Waals surface area contributed by atoms with E-state index in [0.717, 1.165) is 18.6 Å². The van der Waals surface area contributed by atoms with Crippen LogP contribution >= 0.6 is 10.3 Å². The van der Waals surface area contributed by atoms with Crippen LogP contribution in [0.5, 0.6) is 0 Å². The van der Waals surface area contributed by atoms with E-state index in [1.54, 1.807) is 7.05 Å². The van der Waals surface area contributed by atoms with Crippen LogP contribution < -0.4 is 5.32 Å². The zero-order valence-corrected chi connectivity index (χ0v) is 11.0. The van der Waals surface area contributed by atoms with Gasteiger partial charge >= 0.3 is 5.97 Å². The summed E-state index contributed by atoms with van der Waals surface area (Å²) in [6.07, 6.45) is 4.14. The Morgan fingerprint density at radius 2 is 2.20 bits per heavy atom. The molecule has 15 heavy (non-hydrogen) atoms. The van der Waals surface area contributed by atoms with Gasteiger partial charge in [-0.25, -0.2) is 10.3 Å². The predicted octanol–water partition coefficient (Wildman–Crippen LogP) is 1.69. The van der Waals surface area contributed by atoms with Crippen molar-refractivity contribution in [2.45, 2.75) is 32.7 Å². The smallest absolute Gasteiger partial charge is 0.320 e. The first kappa shape index (κ1) is 14.6. The van der Waals surface area contributed by atoms with E-state index in [1.807, 2.05) is 6.92 Å². The summed E-state index contributed by atoms with van der Waals surface area (Å²) in [6, 6.07) is -0.421. The Morgan fingerprint density at radius 3 is 2.60 bits per heavy atom. The summed E-state index contributed by atoms with van der Waals surface area (Å²) in [7, 11) is 1.57. The van der Waals surface area contributed by atoms with Gasteiger partial charge in [0.25, 0.3) is 0 Å². The highest BCUT2D eigenvalue weighted by Crippen LogP contribution is 2.14. The maximum absolute atomic E-state index is 10.9. The van der Waals surface area contributed by atoms with Crippen LogP contribution in [0.2, 0.25) is 0 Å². The van der Waals surface area contributed by atoms with Gasteiger partial charge in [-0.15, -0.1) is 5.18 Å². The van der Waals surface area contributed by atoms with Crippen LogP contribution in [0, 0.1) is 11.1 Å². The average Bonchev–Trinajstić information content (AvgIpc) is 2.15. The second kappa shape index (κ2) is 7.80. The summed E-state index contributed by atoms with van der Waals surface area (Å²) < 4.78 is 0. The van der Waals surface area contributed by atoms with Crippen molar-refractivity contribution in [3.8, 4) is 5.18 Å². The monoisotopic (exact) mass is 233 g/mol. The maximum atomic E-state index is 10.9. The molecule has 2 N–H and O–H groups in total. The van der Waals surface area contributed by atoms with Gasteiger partial charge in [-0.1, -0.05) is 13.8 Å². The zero-order valence-electron chi connectivity index (χ0n) is 10.1. The molecule has 0 aliphatic carbocycles. The van der Waals surface area contributed by atoms with Crippen LogP contribution in [-0.4, -0.2) is 36.2 Å². The van der Waals surface area contributed by atoms with Crippen molar-refractivity contribution in [2.24, 2.45) is 5.92 Å². The van der Waals surface area contributed by atoms with Gasteiger partial charge in [0, 0.05) is 6.42 Å². The van der Waals surface area contributed by atoms with Gasteiger partial charge in [0.15, 0.2) is 0 Å². The fourth-order valence-corrected chi connectivity index (χ4v) is 3.06. The Balaban J connectivity index is 4.12. The van der Waals surface area contributed by atoms with E-state index in [2.05, 4.69) is 23.7 Å². The molecule has 4 heteroatoms. The number of carboxylic acids is 1. The molecule has 0 aromatic heterocycles. The van der Waals surface area contributed by atoms with Crippen LogP contribution in [-0.2, 0) is 4.79 Å². The second-order valence-electron chi connectivity index (χ2n) is 3.80. The minimum Gasteiger partial charge on any atom is -0.480 e. The van der Waals surface area contributed by atoms with Gasteiger partial charge in [-0.05, 0) is 31.4 Å². The number of hydrogen-bond donors (Lipinski definition) is 3. The number of hydrogen-bond acceptors (Lipinski definition) is 2. The van der Waals surface area contributed by atoms with E-state index in [1.165, 1.54) is 0 Å². The van der Waals surface area contributed by atoms with Crippen molar-refractivity contribution in [3.05, 3.63) is 0 Å². The number of carbonyl (C=O) groups is 1. The van der Waals surface area contributed by atoms with Gasteiger partial charge in [-0.3, -0.25) is 4.79 Å². The molecular weight excluding hydrogens is 210 g/mol. The van der Waals surface area contributed by atoms with E-state index in [4.69, 9.17) is 5.11 Å². The minimum absolute atomic E-state index is 0.133. The van der Waals surface area contributed by atoms with E-state index >= 15 is 0 Å². The normalized spacial score (nSPS) is 16.5. The third-order valence-electron chi connectivity index (χ3n) is 2.49. The fraction of sp³-hybridized carbons (Fsp3) is 0.818. The van der Waals surface area contributed by atoms with E-state index in [0.29, 0.717) is 0 Å². The van der Waals surface area contributed by atoms with E-state index in [-0.39, 0.29) is 16.2 Å². The number of likely N-dealkylation sites (N-methyl/N-ethyl adjacent to an activating group) is 1. The fourth-order valence-electron chi connectivity index (χ4n) is 1.56. The Kier molecular flexibility index (Phi) is 7.57. The molecule has 0 fully saturated rings. The molecule has 0 saturated heterocycles. The standard InChI is InChI=1S/C11H23NO2S/c1-5-7-15(4)8-6-9(2)10(12-3)11(13)14/h9-10,12,15H,5-6,8H2,1-4H3,(H,13,14)/t9?,10-/m0/s1. The molecule has 0 saturated carbocycles. The summed E-state index contributed by atoms with van der Waals surface area (Å²) in [6.45, 7) is 4.08. The Labute approximate surface area is 94.8 Å².